The Morgan fingerprint density at radius 3 is 2.74 bits per heavy atom. The third kappa shape index (κ3) is 2.24. The van der Waals surface area contributed by atoms with E-state index in [-0.39, 0.29) is 11.9 Å². The molecule has 1 aliphatic heterocycles. The second kappa shape index (κ2) is 4.50. The zero-order valence-corrected chi connectivity index (χ0v) is 10.8. The van der Waals surface area contributed by atoms with Crippen molar-refractivity contribution in [3.05, 3.63) is 53.1 Å². The van der Waals surface area contributed by atoms with Crippen LogP contribution in [0, 0.1) is 6.92 Å². The van der Waals surface area contributed by atoms with E-state index in [4.69, 9.17) is 4.74 Å². The molecule has 19 heavy (non-hydrogen) atoms. The van der Waals surface area contributed by atoms with E-state index in [1.807, 2.05) is 25.1 Å². The summed E-state index contributed by atoms with van der Waals surface area (Å²) in [6, 6.07) is 10.9. The number of rotatable bonds is 1. The van der Waals surface area contributed by atoms with Crippen molar-refractivity contribution in [1.29, 1.82) is 0 Å². The van der Waals surface area contributed by atoms with Gasteiger partial charge in [0.05, 0.1) is 0 Å². The smallest absolute Gasteiger partial charge is 0.127 e. The first-order chi connectivity index (χ1) is 9.13. The van der Waals surface area contributed by atoms with Crippen LogP contribution in [-0.4, -0.2) is 10.2 Å². The van der Waals surface area contributed by atoms with Gasteiger partial charge in [-0.1, -0.05) is 18.2 Å². The van der Waals surface area contributed by atoms with Crippen LogP contribution in [0.15, 0.2) is 36.4 Å². The fourth-order valence-electron chi connectivity index (χ4n) is 2.42. The van der Waals surface area contributed by atoms with Crippen LogP contribution in [0.2, 0.25) is 0 Å². The Hall–Kier alpha value is -2.16. The molecule has 2 N–H and O–H groups in total. The monoisotopic (exact) mass is 256 g/mol. The zero-order chi connectivity index (χ0) is 13.4. The van der Waals surface area contributed by atoms with Crippen LogP contribution >= 0.6 is 0 Å². The summed E-state index contributed by atoms with van der Waals surface area (Å²) in [5, 5.41) is 19.3. The van der Waals surface area contributed by atoms with E-state index < -0.39 is 0 Å². The van der Waals surface area contributed by atoms with Crippen LogP contribution in [0.1, 0.15) is 29.2 Å². The summed E-state index contributed by atoms with van der Waals surface area (Å²) in [6.07, 6.45) is 1.72. The van der Waals surface area contributed by atoms with E-state index in [0.717, 1.165) is 35.3 Å². The fraction of sp³-hybridized carbons (Fsp3) is 0.250. The largest absolute Gasteiger partial charge is 0.508 e. The van der Waals surface area contributed by atoms with Crippen molar-refractivity contribution in [3.63, 3.8) is 0 Å². The van der Waals surface area contributed by atoms with E-state index in [0.29, 0.717) is 5.75 Å². The first-order valence-corrected chi connectivity index (χ1v) is 6.41. The van der Waals surface area contributed by atoms with E-state index >= 15 is 0 Å². The molecule has 3 heteroatoms. The fourth-order valence-corrected chi connectivity index (χ4v) is 2.42. The van der Waals surface area contributed by atoms with Crippen LogP contribution in [0.3, 0.4) is 0 Å². The lowest BCUT2D eigenvalue weighted by Crippen LogP contribution is -2.15. The van der Waals surface area contributed by atoms with E-state index in [1.54, 1.807) is 18.2 Å². The molecule has 0 amide bonds. The molecule has 0 bridgehead atoms. The minimum Gasteiger partial charge on any atom is -0.508 e. The van der Waals surface area contributed by atoms with Crippen LogP contribution in [-0.2, 0) is 6.42 Å². The number of aromatic hydroxyl groups is 2. The van der Waals surface area contributed by atoms with Gasteiger partial charge in [-0.05, 0) is 48.6 Å². The quantitative estimate of drug-likeness (QED) is 0.821. The Morgan fingerprint density at radius 2 is 1.95 bits per heavy atom. The van der Waals surface area contributed by atoms with Gasteiger partial charge in [0.15, 0.2) is 0 Å². The van der Waals surface area contributed by atoms with E-state index in [1.165, 1.54) is 0 Å². The number of phenols is 2. The highest BCUT2D eigenvalue weighted by Crippen LogP contribution is 2.37. The number of hydrogen-bond donors (Lipinski definition) is 2. The maximum Gasteiger partial charge on any atom is 0.127 e. The van der Waals surface area contributed by atoms with Gasteiger partial charge in [0, 0.05) is 6.07 Å². The average molecular weight is 256 g/mol. The number of ether oxygens (including phenoxy) is 1. The molecule has 0 saturated heterocycles. The second-order valence-corrected chi connectivity index (χ2v) is 4.98. The highest BCUT2D eigenvalue weighted by Gasteiger charge is 2.22. The number of aryl methyl sites for hydroxylation is 2. The van der Waals surface area contributed by atoms with E-state index in [9.17, 15) is 10.2 Å². The van der Waals surface area contributed by atoms with Gasteiger partial charge in [-0.25, -0.2) is 0 Å². The molecule has 0 radical (unpaired) electrons. The van der Waals surface area contributed by atoms with Crippen molar-refractivity contribution in [2.24, 2.45) is 0 Å². The predicted molar refractivity (Wildman–Crippen MR) is 72.6 cm³/mol. The molecule has 0 aliphatic carbocycles. The molecule has 3 rings (SSSR count). The summed E-state index contributed by atoms with van der Waals surface area (Å²) < 4.78 is 5.92. The molecule has 2 aromatic carbocycles. The minimum atomic E-state index is -0.0687. The molecule has 1 unspecified atom stereocenters. The summed E-state index contributed by atoms with van der Waals surface area (Å²) >= 11 is 0. The first-order valence-electron chi connectivity index (χ1n) is 6.41. The van der Waals surface area contributed by atoms with Gasteiger partial charge < -0.3 is 14.9 Å². The molecular weight excluding hydrogens is 240 g/mol. The molecule has 1 aliphatic rings. The topological polar surface area (TPSA) is 49.7 Å². The van der Waals surface area contributed by atoms with Crippen LogP contribution < -0.4 is 4.74 Å². The third-order valence-corrected chi connectivity index (χ3v) is 3.60. The standard InChI is InChI=1S/C16H16O3/c1-10-2-3-12(8-14(10)18)15-7-5-11-4-6-13(17)9-16(11)19-15/h2-4,6,8-9,15,17-18H,5,7H2,1H3. The molecule has 1 heterocycles. The Bertz CT molecular complexity index is 619. The van der Waals surface area contributed by atoms with Gasteiger partial charge in [0.1, 0.15) is 23.4 Å². The van der Waals surface area contributed by atoms with Crippen molar-refractivity contribution >= 4 is 0 Å². The zero-order valence-electron chi connectivity index (χ0n) is 10.8. The number of phenolic OH excluding ortho intramolecular Hbond substituents is 2. The lowest BCUT2D eigenvalue weighted by atomic mass is 9.96. The van der Waals surface area contributed by atoms with E-state index in [2.05, 4.69) is 0 Å². The highest BCUT2D eigenvalue weighted by molar-refractivity contribution is 5.43. The third-order valence-electron chi connectivity index (χ3n) is 3.60. The minimum absolute atomic E-state index is 0.0687. The van der Waals surface area contributed by atoms with Crippen molar-refractivity contribution in [3.8, 4) is 17.2 Å². The normalized spacial score (nSPS) is 17.6. The lowest BCUT2D eigenvalue weighted by molar-refractivity contribution is 0.175. The van der Waals surface area contributed by atoms with Crippen LogP contribution in [0.4, 0.5) is 0 Å². The predicted octanol–water partition coefficient (Wildman–Crippen LogP) is 3.47. The maximum absolute atomic E-state index is 9.77. The summed E-state index contributed by atoms with van der Waals surface area (Å²) in [5.41, 5.74) is 2.94. The Kier molecular flexibility index (Phi) is 2.82. The van der Waals surface area contributed by atoms with Gasteiger partial charge in [-0.15, -0.1) is 0 Å². The molecule has 3 nitrogen and oxygen atoms in total. The van der Waals surface area contributed by atoms with Crippen LogP contribution in [0.25, 0.3) is 0 Å². The molecule has 0 saturated carbocycles. The SMILES string of the molecule is Cc1ccc(C2CCc3ccc(O)cc3O2)cc1O. The van der Waals surface area contributed by atoms with Crippen molar-refractivity contribution in [1.82, 2.24) is 0 Å². The summed E-state index contributed by atoms with van der Waals surface area (Å²) in [7, 11) is 0. The Labute approximate surface area is 112 Å². The Morgan fingerprint density at radius 1 is 1.11 bits per heavy atom. The average Bonchev–Trinajstić information content (AvgIpc) is 2.41. The highest BCUT2D eigenvalue weighted by atomic mass is 16.5. The van der Waals surface area contributed by atoms with Gasteiger partial charge in [0.2, 0.25) is 0 Å². The van der Waals surface area contributed by atoms with Gasteiger partial charge in [-0.2, -0.15) is 0 Å². The van der Waals surface area contributed by atoms with Crippen molar-refractivity contribution < 1.29 is 14.9 Å². The molecule has 2 aromatic rings. The summed E-state index contributed by atoms with van der Waals surface area (Å²) in [4.78, 5) is 0. The van der Waals surface area contributed by atoms with Gasteiger partial charge in [-0.3, -0.25) is 0 Å². The molecule has 98 valence electrons. The van der Waals surface area contributed by atoms with Crippen molar-refractivity contribution in [2.75, 3.05) is 0 Å². The second-order valence-electron chi connectivity index (χ2n) is 4.98. The lowest BCUT2D eigenvalue weighted by Gasteiger charge is -2.26. The molecule has 0 aromatic heterocycles. The molecule has 0 spiro atoms. The number of benzene rings is 2. The van der Waals surface area contributed by atoms with Crippen LogP contribution in [0.5, 0.6) is 17.2 Å². The Balaban J connectivity index is 1.90. The summed E-state index contributed by atoms with van der Waals surface area (Å²) in [5.74, 6) is 1.24. The van der Waals surface area contributed by atoms with Gasteiger partial charge >= 0.3 is 0 Å². The van der Waals surface area contributed by atoms with Gasteiger partial charge in [0.25, 0.3) is 0 Å². The summed E-state index contributed by atoms with van der Waals surface area (Å²) in [6.45, 7) is 1.87. The maximum atomic E-state index is 9.77. The molecular formula is C16H16O3. The number of fused-ring (bicyclic) bond motifs is 1. The van der Waals surface area contributed by atoms with Crippen molar-refractivity contribution in [2.45, 2.75) is 25.9 Å². The molecule has 1 atom stereocenters. The number of hydrogen-bond acceptors (Lipinski definition) is 3. The first kappa shape index (κ1) is 11.9. The molecule has 0 fully saturated rings.